The fourth-order valence-corrected chi connectivity index (χ4v) is 1.92. The number of hydrogen-bond acceptors (Lipinski definition) is 3. The van der Waals surface area contributed by atoms with Crippen LogP contribution in [0.2, 0.25) is 0 Å². The van der Waals surface area contributed by atoms with Gasteiger partial charge in [0.25, 0.3) is 0 Å². The fourth-order valence-electron chi connectivity index (χ4n) is 1.92. The molecule has 2 aromatic rings. The van der Waals surface area contributed by atoms with Crippen molar-refractivity contribution in [1.29, 1.82) is 0 Å². The molecule has 0 spiro atoms. The molecule has 0 unspecified atom stereocenters. The number of benzene rings is 1. The molecule has 1 heterocycles. The average Bonchev–Trinajstić information content (AvgIpc) is 2.87. The number of aliphatic hydroxyl groups excluding tert-OH is 1. The molecule has 0 amide bonds. The van der Waals surface area contributed by atoms with Gasteiger partial charge in [0.05, 0.1) is 12.3 Å². The highest BCUT2D eigenvalue weighted by Crippen LogP contribution is 2.25. The number of nitrogens with one attached hydrogen (secondary N) is 2. The van der Waals surface area contributed by atoms with E-state index in [0.29, 0.717) is 23.0 Å². The van der Waals surface area contributed by atoms with Crippen LogP contribution < -0.4 is 5.32 Å². The summed E-state index contributed by atoms with van der Waals surface area (Å²) in [5.74, 6) is -0.356. The second kappa shape index (κ2) is 5.27. The fraction of sp³-hybridized carbons (Fsp3) is 0.500. The van der Waals surface area contributed by atoms with Crippen LogP contribution in [0, 0.1) is 5.82 Å². The molecule has 0 aliphatic heterocycles. The minimum Gasteiger partial charge on any atom is -0.387 e. The number of rotatable bonds is 5. The van der Waals surface area contributed by atoms with Crippen molar-refractivity contribution in [3.63, 3.8) is 0 Å². The van der Waals surface area contributed by atoms with Crippen LogP contribution in [0.1, 0.15) is 38.9 Å². The lowest BCUT2D eigenvalue weighted by molar-refractivity contribution is 0.161. The van der Waals surface area contributed by atoms with Crippen LogP contribution in [0.3, 0.4) is 0 Å². The highest BCUT2D eigenvalue weighted by Gasteiger charge is 2.19. The first-order chi connectivity index (χ1) is 8.94. The number of fused-ring (bicyclic) bond motifs is 1. The first-order valence-corrected chi connectivity index (χ1v) is 6.49. The van der Waals surface area contributed by atoms with Crippen molar-refractivity contribution in [1.82, 2.24) is 15.5 Å². The summed E-state index contributed by atoms with van der Waals surface area (Å²) in [5.41, 5.74) is 0.993. The Kier molecular flexibility index (Phi) is 3.87. The van der Waals surface area contributed by atoms with E-state index in [9.17, 15) is 9.50 Å². The molecule has 5 heteroatoms. The minimum atomic E-state index is -0.688. The Bertz CT molecular complexity index is 565. The van der Waals surface area contributed by atoms with E-state index in [1.807, 2.05) is 0 Å². The van der Waals surface area contributed by atoms with Crippen molar-refractivity contribution in [2.45, 2.75) is 38.8 Å². The molecule has 0 saturated carbocycles. The number of aliphatic hydroxyl groups is 1. The molecule has 1 aromatic heterocycles. The van der Waals surface area contributed by atoms with Crippen molar-refractivity contribution < 1.29 is 9.50 Å². The second-order valence-corrected chi connectivity index (χ2v) is 5.43. The van der Waals surface area contributed by atoms with Crippen molar-refractivity contribution in [2.24, 2.45) is 0 Å². The van der Waals surface area contributed by atoms with Crippen molar-refractivity contribution in [2.75, 3.05) is 6.54 Å². The smallest absolute Gasteiger partial charge is 0.148 e. The lowest BCUT2D eigenvalue weighted by Gasteiger charge is -2.26. The Morgan fingerprint density at radius 1 is 1.47 bits per heavy atom. The maximum Gasteiger partial charge on any atom is 0.148 e. The van der Waals surface area contributed by atoms with E-state index in [-0.39, 0.29) is 11.4 Å². The summed E-state index contributed by atoms with van der Waals surface area (Å²) >= 11 is 0. The molecule has 0 bridgehead atoms. The van der Waals surface area contributed by atoms with Crippen molar-refractivity contribution >= 4 is 10.9 Å². The predicted octanol–water partition coefficient (Wildman–Crippen LogP) is 2.51. The van der Waals surface area contributed by atoms with Gasteiger partial charge in [-0.25, -0.2) is 4.39 Å². The first kappa shape index (κ1) is 14.0. The standard InChI is InChI=1S/C14H20FN3O/c1-4-14(2,3)16-8-12(19)9-5-6-11(15)13-10(9)7-17-18-13/h5-7,12,16,19H,4,8H2,1-3H3,(H,17,18)/t12-/m0/s1. The molecule has 104 valence electrons. The zero-order chi connectivity index (χ0) is 14.0. The van der Waals surface area contributed by atoms with Gasteiger partial charge in [0.15, 0.2) is 0 Å². The average molecular weight is 265 g/mol. The number of aromatic nitrogens is 2. The van der Waals surface area contributed by atoms with Crippen LogP contribution in [-0.2, 0) is 0 Å². The third kappa shape index (κ3) is 2.93. The van der Waals surface area contributed by atoms with E-state index >= 15 is 0 Å². The third-order valence-corrected chi connectivity index (χ3v) is 3.62. The normalized spacial score (nSPS) is 13.9. The van der Waals surface area contributed by atoms with Crippen LogP contribution in [0.25, 0.3) is 10.9 Å². The highest BCUT2D eigenvalue weighted by atomic mass is 19.1. The van der Waals surface area contributed by atoms with Gasteiger partial charge in [-0.1, -0.05) is 13.0 Å². The van der Waals surface area contributed by atoms with Crippen LogP contribution in [0.5, 0.6) is 0 Å². The summed E-state index contributed by atoms with van der Waals surface area (Å²) in [4.78, 5) is 0. The van der Waals surface area contributed by atoms with E-state index in [1.165, 1.54) is 6.07 Å². The largest absolute Gasteiger partial charge is 0.387 e. The van der Waals surface area contributed by atoms with Crippen molar-refractivity contribution in [3.05, 3.63) is 29.7 Å². The molecule has 4 nitrogen and oxygen atoms in total. The van der Waals surface area contributed by atoms with Gasteiger partial charge >= 0.3 is 0 Å². The third-order valence-electron chi connectivity index (χ3n) is 3.62. The van der Waals surface area contributed by atoms with Crippen molar-refractivity contribution in [3.8, 4) is 0 Å². The molecule has 0 radical (unpaired) electrons. The molecule has 3 N–H and O–H groups in total. The van der Waals surface area contributed by atoms with Crippen LogP contribution in [0.15, 0.2) is 18.3 Å². The molecule has 19 heavy (non-hydrogen) atoms. The first-order valence-electron chi connectivity index (χ1n) is 6.49. The van der Waals surface area contributed by atoms with Gasteiger partial charge in [-0.15, -0.1) is 0 Å². The number of halogens is 1. The van der Waals surface area contributed by atoms with E-state index in [4.69, 9.17) is 0 Å². The lowest BCUT2D eigenvalue weighted by Crippen LogP contribution is -2.40. The Morgan fingerprint density at radius 3 is 2.89 bits per heavy atom. The molecule has 0 aliphatic carbocycles. The maximum atomic E-state index is 13.5. The number of H-pyrrole nitrogens is 1. The summed E-state index contributed by atoms with van der Waals surface area (Å²) < 4.78 is 13.5. The number of β-amino-alcohol motifs (C(OH)–C–C–N with tert-alkyl or cyclic N) is 1. The molecule has 0 saturated heterocycles. The van der Waals surface area contributed by atoms with E-state index in [2.05, 4.69) is 36.3 Å². The van der Waals surface area contributed by atoms with E-state index in [0.717, 1.165) is 6.42 Å². The second-order valence-electron chi connectivity index (χ2n) is 5.43. The number of nitrogens with zero attached hydrogens (tertiary/aromatic N) is 1. The minimum absolute atomic E-state index is 0.0312. The molecule has 1 aromatic carbocycles. The highest BCUT2D eigenvalue weighted by molar-refractivity contribution is 5.82. The molecule has 0 fully saturated rings. The van der Waals surface area contributed by atoms with Gasteiger partial charge in [-0.05, 0) is 31.9 Å². The molecular weight excluding hydrogens is 245 g/mol. The van der Waals surface area contributed by atoms with E-state index < -0.39 is 6.10 Å². The Morgan fingerprint density at radius 2 is 2.21 bits per heavy atom. The van der Waals surface area contributed by atoms with Gasteiger partial charge in [0.1, 0.15) is 11.3 Å². The Labute approximate surface area is 112 Å². The van der Waals surface area contributed by atoms with Crippen LogP contribution in [0.4, 0.5) is 4.39 Å². The summed E-state index contributed by atoms with van der Waals surface area (Å²) in [6.45, 7) is 6.67. The Hall–Kier alpha value is -1.46. The summed E-state index contributed by atoms with van der Waals surface area (Å²) in [7, 11) is 0. The van der Waals surface area contributed by atoms with Crippen LogP contribution >= 0.6 is 0 Å². The SMILES string of the molecule is CCC(C)(C)NC[C@H](O)c1ccc(F)c2[nH]ncc12. The van der Waals surface area contributed by atoms with Gasteiger partial charge in [0.2, 0.25) is 0 Å². The Balaban J connectivity index is 2.20. The monoisotopic (exact) mass is 265 g/mol. The number of aromatic amines is 1. The topological polar surface area (TPSA) is 60.9 Å². The lowest BCUT2D eigenvalue weighted by atomic mass is 10.00. The quantitative estimate of drug-likeness (QED) is 0.778. The molecule has 1 atom stereocenters. The van der Waals surface area contributed by atoms with Gasteiger partial charge < -0.3 is 10.4 Å². The summed E-state index contributed by atoms with van der Waals surface area (Å²) in [5, 5.41) is 20.6. The molecule has 2 rings (SSSR count). The zero-order valence-electron chi connectivity index (χ0n) is 11.5. The molecule has 0 aliphatic rings. The van der Waals surface area contributed by atoms with Gasteiger partial charge in [0, 0.05) is 17.5 Å². The van der Waals surface area contributed by atoms with E-state index in [1.54, 1.807) is 12.3 Å². The van der Waals surface area contributed by atoms with Crippen LogP contribution in [-0.4, -0.2) is 27.4 Å². The predicted molar refractivity (Wildman–Crippen MR) is 73.4 cm³/mol. The summed E-state index contributed by atoms with van der Waals surface area (Å²) in [6, 6.07) is 2.96. The zero-order valence-corrected chi connectivity index (χ0v) is 11.5. The van der Waals surface area contributed by atoms with Gasteiger partial charge in [-0.3, -0.25) is 5.10 Å². The van der Waals surface area contributed by atoms with Gasteiger partial charge in [-0.2, -0.15) is 5.10 Å². The maximum absolute atomic E-state index is 13.5. The molecular formula is C14H20FN3O. The number of hydrogen-bond donors (Lipinski definition) is 3. The summed E-state index contributed by atoms with van der Waals surface area (Å²) in [6.07, 6.45) is 1.82.